The van der Waals surface area contributed by atoms with Crippen molar-refractivity contribution in [2.24, 2.45) is 20.7 Å². The van der Waals surface area contributed by atoms with Crippen LogP contribution in [0.3, 0.4) is 0 Å². The first-order valence-corrected chi connectivity index (χ1v) is 10.4. The zero-order valence-corrected chi connectivity index (χ0v) is 17.5. The average Bonchev–Trinajstić information content (AvgIpc) is 3.48. The van der Waals surface area contributed by atoms with Crippen molar-refractivity contribution in [3.63, 3.8) is 0 Å². The quantitative estimate of drug-likeness (QED) is 0.581. The van der Waals surface area contributed by atoms with Crippen LogP contribution in [0.2, 0.25) is 0 Å². The van der Waals surface area contributed by atoms with Crippen molar-refractivity contribution in [2.75, 3.05) is 27.5 Å². The molecule has 6 atom stereocenters. The lowest BCUT2D eigenvalue weighted by molar-refractivity contribution is -0.0765. The summed E-state index contributed by atoms with van der Waals surface area (Å²) >= 11 is 0. The molecular weight excluding hydrogens is 402 g/mol. The maximum absolute atomic E-state index is 10.4. The third-order valence-electron chi connectivity index (χ3n) is 6.73. The van der Waals surface area contributed by atoms with Gasteiger partial charge in [-0.3, -0.25) is 4.99 Å². The summed E-state index contributed by atoms with van der Waals surface area (Å²) in [6.07, 6.45) is 0.210. The molecule has 0 amide bonds. The van der Waals surface area contributed by atoms with Crippen molar-refractivity contribution in [3.8, 4) is 5.75 Å². The number of ether oxygens (including phenoxy) is 3. The number of rotatable bonds is 5. The highest BCUT2D eigenvalue weighted by molar-refractivity contribution is 6.47. The summed E-state index contributed by atoms with van der Waals surface area (Å²) in [5.41, 5.74) is 8.81. The average molecular weight is 429 g/mol. The Morgan fingerprint density at radius 1 is 1.35 bits per heavy atom. The minimum absolute atomic E-state index is 0.0487. The van der Waals surface area contributed by atoms with E-state index in [4.69, 9.17) is 24.9 Å². The number of hydrogen-bond acceptors (Lipinski definition) is 10. The summed E-state index contributed by atoms with van der Waals surface area (Å²) in [6, 6.07) is 6.05. The number of methoxy groups -OCH3 is 2. The van der Waals surface area contributed by atoms with Crippen LogP contribution in [0, 0.1) is 0 Å². The predicted octanol–water partition coefficient (Wildman–Crippen LogP) is -0.372. The lowest BCUT2D eigenvalue weighted by Gasteiger charge is -2.36. The number of nitrogens with zero attached hydrogens (tertiary/aromatic N) is 4. The van der Waals surface area contributed by atoms with Crippen LogP contribution in [0.15, 0.2) is 33.2 Å². The highest BCUT2D eigenvalue weighted by Gasteiger charge is 2.53. The Bertz CT molecular complexity index is 965. The van der Waals surface area contributed by atoms with E-state index in [-0.39, 0.29) is 19.2 Å². The summed E-state index contributed by atoms with van der Waals surface area (Å²) in [5, 5.41) is 20.0. The fraction of sp³-hybridized carbons (Fsp3) is 0.571. The van der Waals surface area contributed by atoms with Crippen molar-refractivity contribution in [3.05, 3.63) is 29.3 Å². The molecule has 3 heterocycles. The maximum atomic E-state index is 10.4. The summed E-state index contributed by atoms with van der Waals surface area (Å²) in [5.74, 6) is 1.34. The first-order valence-electron chi connectivity index (χ1n) is 10.4. The monoisotopic (exact) mass is 429 g/mol. The van der Waals surface area contributed by atoms with E-state index in [9.17, 15) is 10.2 Å². The van der Waals surface area contributed by atoms with Crippen LogP contribution in [0.4, 0.5) is 0 Å². The first-order chi connectivity index (χ1) is 15.0. The van der Waals surface area contributed by atoms with Crippen LogP contribution in [0.5, 0.6) is 5.75 Å². The van der Waals surface area contributed by atoms with Crippen LogP contribution < -0.4 is 10.5 Å². The van der Waals surface area contributed by atoms with E-state index in [1.165, 1.54) is 19.0 Å². The number of fused-ring (bicyclic) bond motifs is 2. The molecule has 0 spiro atoms. The summed E-state index contributed by atoms with van der Waals surface area (Å²) < 4.78 is 16.7. The fourth-order valence-corrected chi connectivity index (χ4v) is 5.11. The topological polar surface area (TPSA) is 134 Å². The Kier molecular flexibility index (Phi) is 5.06. The number of hydrogen-bond donors (Lipinski definition) is 3. The molecule has 4 aliphatic rings. The number of aliphatic hydroxyl groups is 2. The summed E-state index contributed by atoms with van der Waals surface area (Å²) in [7, 11) is 3.16. The molecule has 3 aliphatic heterocycles. The van der Waals surface area contributed by atoms with Gasteiger partial charge in [0.15, 0.2) is 17.7 Å². The maximum Gasteiger partial charge on any atom is 0.162 e. The van der Waals surface area contributed by atoms with Crippen molar-refractivity contribution in [1.29, 1.82) is 0 Å². The highest BCUT2D eigenvalue weighted by Crippen LogP contribution is 2.44. The van der Waals surface area contributed by atoms with Crippen LogP contribution >= 0.6 is 0 Å². The van der Waals surface area contributed by atoms with E-state index < -0.39 is 30.2 Å². The minimum atomic E-state index is -1.05. The largest absolute Gasteiger partial charge is 0.497 e. The number of benzene rings is 1. The molecule has 0 radical (unpaired) electrons. The van der Waals surface area contributed by atoms with Crippen molar-refractivity contribution in [2.45, 2.75) is 49.0 Å². The standard InChI is InChI=1S/C21H27N5O5/c1-29-12-4-5-13-11(7-12)3-6-14(13)21(22)18-19(23-9-25-21)26(10-24-18)20-17(30-2)16(28)15(8-27)31-20/h4-5,7,9,14-17,20,27-28H,3,6,8,10,22H2,1-2H3/t14?,15-,16-,17-,20-,21?/m1/s1. The van der Waals surface area contributed by atoms with Gasteiger partial charge in [-0.1, -0.05) is 6.07 Å². The molecule has 166 valence electrons. The van der Waals surface area contributed by atoms with E-state index in [1.807, 2.05) is 11.0 Å². The fourth-order valence-electron chi connectivity index (χ4n) is 5.11. The van der Waals surface area contributed by atoms with Crippen molar-refractivity contribution < 1.29 is 24.4 Å². The molecular formula is C21H27N5O5. The van der Waals surface area contributed by atoms with Crippen LogP contribution in [-0.4, -0.2) is 90.7 Å². The van der Waals surface area contributed by atoms with Gasteiger partial charge in [0.1, 0.15) is 42.8 Å². The van der Waals surface area contributed by atoms with Crippen LogP contribution in [-0.2, 0) is 15.9 Å². The lowest BCUT2D eigenvalue weighted by atomic mass is 9.83. The van der Waals surface area contributed by atoms with Gasteiger partial charge < -0.3 is 35.1 Å². The molecule has 0 aromatic heterocycles. The van der Waals surface area contributed by atoms with Gasteiger partial charge >= 0.3 is 0 Å². The van der Waals surface area contributed by atoms with Gasteiger partial charge in [0, 0.05) is 13.0 Å². The summed E-state index contributed by atoms with van der Waals surface area (Å²) in [6.45, 7) is -0.0514. The number of aliphatic imine (C=N–C) groups is 3. The van der Waals surface area contributed by atoms with Crippen molar-refractivity contribution >= 4 is 17.9 Å². The molecule has 10 heteroatoms. The van der Waals surface area contributed by atoms with Gasteiger partial charge in [-0.2, -0.15) is 0 Å². The predicted molar refractivity (Wildman–Crippen MR) is 114 cm³/mol. The third kappa shape index (κ3) is 3.01. The minimum Gasteiger partial charge on any atom is -0.497 e. The van der Waals surface area contributed by atoms with E-state index in [0.29, 0.717) is 11.5 Å². The molecule has 0 saturated carbocycles. The van der Waals surface area contributed by atoms with E-state index in [0.717, 1.165) is 24.2 Å². The molecule has 1 aromatic carbocycles. The first kappa shape index (κ1) is 20.5. The zero-order chi connectivity index (χ0) is 21.8. The third-order valence-corrected chi connectivity index (χ3v) is 6.73. The molecule has 1 aliphatic carbocycles. The molecule has 5 rings (SSSR count). The number of aryl methyl sites for hydroxylation is 1. The second-order valence-electron chi connectivity index (χ2n) is 8.24. The molecule has 0 bridgehead atoms. The second-order valence-corrected chi connectivity index (χ2v) is 8.24. The number of nitrogens with two attached hydrogens (primary N) is 1. The van der Waals surface area contributed by atoms with E-state index in [2.05, 4.69) is 22.1 Å². The molecule has 31 heavy (non-hydrogen) atoms. The lowest BCUT2D eigenvalue weighted by Crippen LogP contribution is -2.58. The van der Waals surface area contributed by atoms with E-state index >= 15 is 0 Å². The molecule has 1 saturated heterocycles. The molecule has 2 unspecified atom stereocenters. The SMILES string of the molecule is COc1ccc2c(c1)CCC2C1(N)N=CN=C2C1=NCN2[C@@H]1O[C@H](CO)[C@@H](O)[C@H]1OC. The summed E-state index contributed by atoms with van der Waals surface area (Å²) in [4.78, 5) is 15.6. The normalized spacial score (nSPS) is 36.3. The van der Waals surface area contributed by atoms with E-state index in [1.54, 1.807) is 7.11 Å². The molecule has 10 nitrogen and oxygen atoms in total. The van der Waals surface area contributed by atoms with Crippen LogP contribution in [0.1, 0.15) is 23.5 Å². The molecule has 4 N–H and O–H groups in total. The Hall–Kier alpha value is -2.37. The van der Waals surface area contributed by atoms with Gasteiger partial charge in [0.25, 0.3) is 0 Å². The Balaban J connectivity index is 1.44. The molecule has 1 aromatic rings. The molecule has 1 fully saturated rings. The van der Waals surface area contributed by atoms with Gasteiger partial charge in [0.2, 0.25) is 0 Å². The van der Waals surface area contributed by atoms with Gasteiger partial charge in [-0.15, -0.1) is 0 Å². The van der Waals surface area contributed by atoms with Crippen molar-refractivity contribution in [1.82, 2.24) is 4.90 Å². The van der Waals surface area contributed by atoms with Crippen LogP contribution in [0.25, 0.3) is 0 Å². The smallest absolute Gasteiger partial charge is 0.162 e. The number of amidine groups is 1. The van der Waals surface area contributed by atoms with Gasteiger partial charge in [-0.05, 0) is 36.1 Å². The Morgan fingerprint density at radius 3 is 2.94 bits per heavy atom. The highest BCUT2D eigenvalue weighted by atomic mass is 16.6. The Labute approximate surface area is 180 Å². The zero-order valence-electron chi connectivity index (χ0n) is 17.5. The Morgan fingerprint density at radius 2 is 2.19 bits per heavy atom. The van der Waals surface area contributed by atoms with Gasteiger partial charge in [0.05, 0.1) is 13.7 Å². The number of aliphatic hydroxyl groups excluding tert-OH is 2. The second kappa shape index (κ2) is 7.64. The van der Waals surface area contributed by atoms with Gasteiger partial charge in [-0.25, -0.2) is 9.98 Å².